The number of amides is 1. The van der Waals surface area contributed by atoms with E-state index in [1.807, 2.05) is 43.0 Å². The second-order valence-corrected chi connectivity index (χ2v) is 8.90. The van der Waals surface area contributed by atoms with Gasteiger partial charge in [0.1, 0.15) is 5.84 Å². The van der Waals surface area contributed by atoms with Gasteiger partial charge in [0.2, 0.25) is 5.91 Å². The molecular formula is C24H36N4O3. The molecule has 1 amide bonds. The monoisotopic (exact) mass is 428 g/mol. The number of piperidine rings is 2. The van der Waals surface area contributed by atoms with Crippen LogP contribution in [0.2, 0.25) is 0 Å². The van der Waals surface area contributed by atoms with Crippen molar-refractivity contribution in [3.8, 4) is 0 Å². The van der Waals surface area contributed by atoms with Crippen molar-refractivity contribution in [3.05, 3.63) is 29.8 Å². The Balaban J connectivity index is 1.42. The summed E-state index contributed by atoms with van der Waals surface area (Å²) in [7, 11) is 0. The number of hydrogen-bond donors (Lipinski definition) is 2. The fraction of sp³-hybridized carbons (Fsp3) is 0.625. The Morgan fingerprint density at radius 3 is 2.26 bits per heavy atom. The molecule has 31 heavy (non-hydrogen) atoms. The minimum Gasteiger partial charge on any atom is -0.463 e. The van der Waals surface area contributed by atoms with E-state index in [-0.39, 0.29) is 29.7 Å². The fourth-order valence-corrected chi connectivity index (χ4v) is 4.44. The molecule has 1 aromatic rings. The van der Waals surface area contributed by atoms with Gasteiger partial charge in [-0.2, -0.15) is 0 Å². The normalized spacial score (nSPS) is 19.2. The molecule has 2 aliphatic heterocycles. The van der Waals surface area contributed by atoms with Crippen LogP contribution < -0.4 is 10.6 Å². The lowest BCUT2D eigenvalue weighted by Crippen LogP contribution is -2.45. The van der Waals surface area contributed by atoms with E-state index in [4.69, 9.17) is 15.9 Å². The highest BCUT2D eigenvalue weighted by Crippen LogP contribution is 2.28. The first kappa shape index (κ1) is 23.1. The maximum atomic E-state index is 13.0. The molecule has 3 rings (SSSR count). The predicted molar refractivity (Wildman–Crippen MR) is 122 cm³/mol. The highest BCUT2D eigenvalue weighted by atomic mass is 16.5. The van der Waals surface area contributed by atoms with E-state index in [9.17, 15) is 9.59 Å². The van der Waals surface area contributed by atoms with Crippen molar-refractivity contribution in [2.75, 3.05) is 31.1 Å². The summed E-state index contributed by atoms with van der Waals surface area (Å²) in [5.41, 5.74) is 7.37. The lowest BCUT2D eigenvalue weighted by atomic mass is 9.90. The average Bonchev–Trinajstić information content (AvgIpc) is 2.79. The van der Waals surface area contributed by atoms with Gasteiger partial charge >= 0.3 is 5.97 Å². The molecule has 0 saturated carbocycles. The van der Waals surface area contributed by atoms with Gasteiger partial charge in [0.25, 0.3) is 0 Å². The van der Waals surface area contributed by atoms with Crippen molar-refractivity contribution in [1.29, 1.82) is 5.41 Å². The predicted octanol–water partition coefficient (Wildman–Crippen LogP) is 3.16. The third-order valence-corrected chi connectivity index (χ3v) is 6.68. The molecule has 0 bridgehead atoms. The summed E-state index contributed by atoms with van der Waals surface area (Å²) in [4.78, 5) is 29.3. The molecular weight excluding hydrogens is 392 g/mol. The number of likely N-dealkylation sites (tertiary alicyclic amines) is 1. The Bertz CT molecular complexity index is 764. The van der Waals surface area contributed by atoms with Gasteiger partial charge < -0.3 is 20.3 Å². The molecule has 0 aromatic heterocycles. The first-order chi connectivity index (χ1) is 14.9. The van der Waals surface area contributed by atoms with Crippen LogP contribution in [0.15, 0.2) is 24.3 Å². The second-order valence-electron chi connectivity index (χ2n) is 8.90. The molecule has 2 fully saturated rings. The zero-order valence-electron chi connectivity index (χ0n) is 18.8. The number of nitrogen functional groups attached to an aromatic ring is 1. The largest absolute Gasteiger partial charge is 0.463 e. The van der Waals surface area contributed by atoms with E-state index in [1.165, 1.54) is 0 Å². The number of hydrogen-bond acceptors (Lipinski definition) is 5. The third-order valence-electron chi connectivity index (χ3n) is 6.68. The first-order valence-corrected chi connectivity index (χ1v) is 11.5. The van der Waals surface area contributed by atoms with Crippen molar-refractivity contribution >= 4 is 23.4 Å². The fourth-order valence-electron chi connectivity index (χ4n) is 4.44. The summed E-state index contributed by atoms with van der Waals surface area (Å²) in [5, 5.41) is 7.50. The van der Waals surface area contributed by atoms with Gasteiger partial charge in [-0.3, -0.25) is 15.0 Å². The molecule has 0 unspecified atom stereocenters. The Labute approximate surface area is 185 Å². The van der Waals surface area contributed by atoms with Gasteiger partial charge in [-0.1, -0.05) is 6.92 Å². The first-order valence-electron chi connectivity index (χ1n) is 11.5. The summed E-state index contributed by atoms with van der Waals surface area (Å²) in [5.74, 6) is 0.641. The summed E-state index contributed by atoms with van der Waals surface area (Å²) >= 11 is 0. The Kier molecular flexibility index (Phi) is 7.93. The number of carbonyl (C=O) groups excluding carboxylic acids is 2. The molecule has 1 aromatic carbocycles. The number of anilines is 1. The number of esters is 1. The van der Waals surface area contributed by atoms with E-state index < -0.39 is 0 Å². The molecule has 0 spiro atoms. The molecule has 2 aliphatic rings. The van der Waals surface area contributed by atoms with Gasteiger partial charge in [-0.25, -0.2) is 0 Å². The maximum absolute atomic E-state index is 13.0. The van der Waals surface area contributed by atoms with Crippen molar-refractivity contribution in [2.45, 2.75) is 58.5 Å². The average molecular weight is 429 g/mol. The minimum atomic E-state index is -0.108. The minimum absolute atomic E-state index is 0.0212. The smallest absolute Gasteiger partial charge is 0.306 e. The van der Waals surface area contributed by atoms with E-state index >= 15 is 0 Å². The molecule has 0 aliphatic carbocycles. The standard InChI is InChI=1S/C24H36N4O3/c1-3-17(2)31-22(29)16-18-8-12-28(13-9-18)24(30)20-10-14-27(15-11-20)21-6-4-19(5-7-21)23(25)26/h4-7,17-18,20H,3,8-16H2,1-2H3,(H3,25,26)/t17-/m1/s1. The van der Waals surface area contributed by atoms with Crippen LogP contribution in [0.4, 0.5) is 5.69 Å². The molecule has 170 valence electrons. The van der Waals surface area contributed by atoms with Crippen molar-refractivity contribution in [2.24, 2.45) is 17.6 Å². The quantitative estimate of drug-likeness (QED) is 0.395. The molecule has 7 heteroatoms. The molecule has 0 radical (unpaired) electrons. The highest BCUT2D eigenvalue weighted by Gasteiger charge is 2.31. The zero-order valence-corrected chi connectivity index (χ0v) is 18.8. The highest BCUT2D eigenvalue weighted by molar-refractivity contribution is 5.95. The van der Waals surface area contributed by atoms with Crippen LogP contribution in [-0.2, 0) is 14.3 Å². The number of ether oxygens (including phenoxy) is 1. The van der Waals surface area contributed by atoms with E-state index in [1.54, 1.807) is 0 Å². The molecule has 2 saturated heterocycles. The van der Waals surface area contributed by atoms with Gasteiger partial charge in [0, 0.05) is 49.8 Å². The number of benzene rings is 1. The van der Waals surface area contributed by atoms with Gasteiger partial charge in [0.15, 0.2) is 0 Å². The van der Waals surface area contributed by atoms with Crippen molar-refractivity contribution in [1.82, 2.24) is 4.90 Å². The molecule has 3 N–H and O–H groups in total. The summed E-state index contributed by atoms with van der Waals surface area (Å²) in [6.07, 6.45) is 4.75. The van der Waals surface area contributed by atoms with E-state index in [0.29, 0.717) is 12.3 Å². The van der Waals surface area contributed by atoms with E-state index in [0.717, 1.165) is 69.5 Å². The van der Waals surface area contributed by atoms with Gasteiger partial charge in [-0.15, -0.1) is 0 Å². The molecule has 2 heterocycles. The summed E-state index contributed by atoms with van der Waals surface area (Å²) in [6, 6.07) is 7.74. The Morgan fingerprint density at radius 2 is 1.71 bits per heavy atom. The summed E-state index contributed by atoms with van der Waals surface area (Å²) in [6.45, 7) is 7.13. The Morgan fingerprint density at radius 1 is 1.10 bits per heavy atom. The third kappa shape index (κ3) is 6.21. The molecule has 1 atom stereocenters. The van der Waals surface area contributed by atoms with Crippen LogP contribution in [0.3, 0.4) is 0 Å². The SMILES string of the molecule is CC[C@@H](C)OC(=O)CC1CCN(C(=O)C2CCN(c3ccc(C(=N)N)cc3)CC2)CC1. The topological polar surface area (TPSA) is 99.7 Å². The second kappa shape index (κ2) is 10.6. The van der Waals surface area contributed by atoms with Crippen molar-refractivity contribution < 1.29 is 14.3 Å². The number of nitrogens with one attached hydrogen (secondary N) is 1. The lowest BCUT2D eigenvalue weighted by Gasteiger charge is -2.38. The van der Waals surface area contributed by atoms with Crippen LogP contribution in [0.25, 0.3) is 0 Å². The zero-order chi connectivity index (χ0) is 22.4. The van der Waals surface area contributed by atoms with Gasteiger partial charge in [-0.05, 0) is 69.2 Å². The number of rotatable bonds is 7. The number of nitrogens with two attached hydrogens (primary N) is 1. The van der Waals surface area contributed by atoms with Crippen LogP contribution in [0.5, 0.6) is 0 Å². The van der Waals surface area contributed by atoms with E-state index in [2.05, 4.69) is 4.90 Å². The summed E-state index contributed by atoms with van der Waals surface area (Å²) < 4.78 is 5.40. The van der Waals surface area contributed by atoms with Gasteiger partial charge in [0.05, 0.1) is 6.10 Å². The number of nitrogens with zero attached hydrogens (tertiary/aromatic N) is 2. The number of carbonyl (C=O) groups is 2. The van der Waals surface area contributed by atoms with Crippen LogP contribution >= 0.6 is 0 Å². The lowest BCUT2D eigenvalue weighted by molar-refractivity contribution is -0.150. The molecule has 7 nitrogen and oxygen atoms in total. The van der Waals surface area contributed by atoms with Crippen LogP contribution in [0, 0.1) is 17.2 Å². The van der Waals surface area contributed by atoms with Crippen LogP contribution in [-0.4, -0.2) is 54.9 Å². The maximum Gasteiger partial charge on any atom is 0.306 e. The Hall–Kier alpha value is -2.57. The van der Waals surface area contributed by atoms with Crippen LogP contribution in [0.1, 0.15) is 57.9 Å². The number of amidine groups is 1. The van der Waals surface area contributed by atoms with Crippen molar-refractivity contribution in [3.63, 3.8) is 0 Å².